The van der Waals surface area contributed by atoms with Gasteiger partial charge in [0.2, 0.25) is 0 Å². The summed E-state index contributed by atoms with van der Waals surface area (Å²) in [5.74, 6) is 0.706. The molecule has 0 saturated carbocycles. The number of aryl methyl sites for hydroxylation is 1. The summed E-state index contributed by atoms with van der Waals surface area (Å²) in [4.78, 5) is 0. The second-order valence-electron chi connectivity index (χ2n) is 4.23. The Morgan fingerprint density at radius 3 is 2.44 bits per heavy atom. The second kappa shape index (κ2) is 5.96. The van der Waals surface area contributed by atoms with Gasteiger partial charge >= 0.3 is 0 Å². The van der Waals surface area contributed by atoms with Crippen LogP contribution >= 0.6 is 0 Å². The average Bonchev–Trinajstić information content (AvgIpc) is 2.38. The molecule has 3 heteroatoms. The molecule has 0 atom stereocenters. The lowest BCUT2D eigenvalue weighted by molar-refractivity contribution is 0.312. The van der Waals surface area contributed by atoms with Crippen molar-refractivity contribution in [3.05, 3.63) is 54.1 Å². The van der Waals surface area contributed by atoms with Crippen LogP contribution in [0.1, 0.15) is 12.0 Å². The number of benzene rings is 2. The highest BCUT2D eigenvalue weighted by Crippen LogP contribution is 2.23. The number of hydrogen-bond donors (Lipinski definition) is 2. The van der Waals surface area contributed by atoms with Crippen molar-refractivity contribution in [1.29, 1.82) is 0 Å². The smallest absolute Gasteiger partial charge is 0.142 e. The molecule has 0 radical (unpaired) electrons. The van der Waals surface area contributed by atoms with Crippen LogP contribution < -0.4 is 16.2 Å². The summed E-state index contributed by atoms with van der Waals surface area (Å²) in [7, 11) is 0. The molecule has 94 valence electrons. The molecule has 2 aromatic rings. The maximum absolute atomic E-state index is 5.81. The van der Waals surface area contributed by atoms with Gasteiger partial charge in [0.1, 0.15) is 5.75 Å². The second-order valence-corrected chi connectivity index (χ2v) is 4.23. The van der Waals surface area contributed by atoms with E-state index in [0.29, 0.717) is 23.7 Å². The van der Waals surface area contributed by atoms with Crippen LogP contribution in [0.5, 0.6) is 5.75 Å². The molecule has 4 N–H and O–H groups in total. The Hall–Kier alpha value is -2.16. The molecule has 0 aliphatic carbocycles. The Morgan fingerprint density at radius 2 is 1.72 bits per heavy atom. The number of anilines is 2. The van der Waals surface area contributed by atoms with Gasteiger partial charge in [-0.05, 0) is 36.6 Å². The Bertz CT molecular complexity index is 497. The van der Waals surface area contributed by atoms with E-state index in [4.69, 9.17) is 16.2 Å². The van der Waals surface area contributed by atoms with Crippen LogP contribution in [0.2, 0.25) is 0 Å². The summed E-state index contributed by atoms with van der Waals surface area (Å²) in [6.07, 6.45) is 1.98. The molecule has 0 saturated heterocycles. The van der Waals surface area contributed by atoms with Crippen LogP contribution in [-0.2, 0) is 6.42 Å². The topological polar surface area (TPSA) is 61.3 Å². The van der Waals surface area contributed by atoms with Gasteiger partial charge in [0.05, 0.1) is 12.3 Å². The van der Waals surface area contributed by atoms with Gasteiger partial charge in [0, 0.05) is 5.69 Å². The molecular formula is C15H18N2O. The van der Waals surface area contributed by atoms with E-state index in [0.717, 1.165) is 12.8 Å². The number of hydrogen-bond acceptors (Lipinski definition) is 3. The minimum Gasteiger partial charge on any atom is -0.491 e. The highest BCUT2D eigenvalue weighted by Gasteiger charge is 2.00. The van der Waals surface area contributed by atoms with Crippen LogP contribution in [0.3, 0.4) is 0 Å². The van der Waals surface area contributed by atoms with E-state index in [1.165, 1.54) is 5.56 Å². The van der Waals surface area contributed by atoms with Crippen LogP contribution in [-0.4, -0.2) is 6.61 Å². The van der Waals surface area contributed by atoms with E-state index < -0.39 is 0 Å². The summed E-state index contributed by atoms with van der Waals surface area (Å²) in [5, 5.41) is 0. The van der Waals surface area contributed by atoms with Crippen LogP contribution in [0.25, 0.3) is 0 Å². The summed E-state index contributed by atoms with van der Waals surface area (Å²) in [6, 6.07) is 15.7. The van der Waals surface area contributed by atoms with Crippen molar-refractivity contribution in [3.8, 4) is 5.75 Å². The third-order valence-corrected chi connectivity index (χ3v) is 2.74. The molecule has 3 nitrogen and oxygen atoms in total. The number of nitrogen functional groups attached to an aromatic ring is 2. The third kappa shape index (κ3) is 3.42. The van der Waals surface area contributed by atoms with Crippen molar-refractivity contribution in [2.45, 2.75) is 12.8 Å². The standard InChI is InChI=1S/C15H18N2O/c16-13-8-9-15(14(17)11-13)18-10-4-7-12-5-2-1-3-6-12/h1-3,5-6,8-9,11H,4,7,10,16-17H2. The normalized spacial score (nSPS) is 10.2. The first-order valence-electron chi connectivity index (χ1n) is 6.07. The number of ether oxygens (including phenoxy) is 1. The van der Waals surface area contributed by atoms with Crippen LogP contribution in [0.15, 0.2) is 48.5 Å². The molecule has 0 aliphatic rings. The Labute approximate surface area is 107 Å². The van der Waals surface area contributed by atoms with Gasteiger partial charge in [0.25, 0.3) is 0 Å². The summed E-state index contributed by atoms with van der Waals surface area (Å²) in [6.45, 7) is 0.656. The van der Waals surface area contributed by atoms with E-state index >= 15 is 0 Å². The minimum absolute atomic E-state index is 0.592. The zero-order valence-electron chi connectivity index (χ0n) is 10.3. The van der Waals surface area contributed by atoms with Gasteiger partial charge in [-0.15, -0.1) is 0 Å². The maximum Gasteiger partial charge on any atom is 0.142 e. The quantitative estimate of drug-likeness (QED) is 0.626. The van der Waals surface area contributed by atoms with Crippen molar-refractivity contribution in [1.82, 2.24) is 0 Å². The lowest BCUT2D eigenvalue weighted by atomic mass is 10.1. The van der Waals surface area contributed by atoms with E-state index in [9.17, 15) is 0 Å². The predicted octanol–water partition coefficient (Wildman–Crippen LogP) is 2.86. The Morgan fingerprint density at radius 1 is 0.944 bits per heavy atom. The molecule has 0 aliphatic heterocycles. The van der Waals surface area contributed by atoms with Gasteiger partial charge in [-0.25, -0.2) is 0 Å². The third-order valence-electron chi connectivity index (χ3n) is 2.74. The molecule has 0 heterocycles. The number of rotatable bonds is 5. The van der Waals surface area contributed by atoms with Crippen molar-refractivity contribution in [2.24, 2.45) is 0 Å². The van der Waals surface area contributed by atoms with E-state index in [2.05, 4.69) is 12.1 Å². The Balaban J connectivity index is 1.79. The first-order chi connectivity index (χ1) is 8.75. The summed E-state index contributed by atoms with van der Waals surface area (Å²) in [5.41, 5.74) is 14.0. The largest absolute Gasteiger partial charge is 0.491 e. The molecule has 0 amide bonds. The van der Waals surface area contributed by atoms with Crippen molar-refractivity contribution in [3.63, 3.8) is 0 Å². The van der Waals surface area contributed by atoms with Crippen molar-refractivity contribution < 1.29 is 4.74 Å². The fraction of sp³-hybridized carbons (Fsp3) is 0.200. The van der Waals surface area contributed by atoms with Crippen LogP contribution in [0.4, 0.5) is 11.4 Å². The number of nitrogens with two attached hydrogens (primary N) is 2. The summed E-state index contributed by atoms with van der Waals surface area (Å²) >= 11 is 0. The maximum atomic E-state index is 5.81. The van der Waals surface area contributed by atoms with Gasteiger partial charge in [-0.1, -0.05) is 30.3 Å². The van der Waals surface area contributed by atoms with E-state index in [1.54, 1.807) is 12.1 Å². The van der Waals surface area contributed by atoms with Gasteiger partial charge in [-0.3, -0.25) is 0 Å². The molecule has 18 heavy (non-hydrogen) atoms. The monoisotopic (exact) mass is 242 g/mol. The van der Waals surface area contributed by atoms with Gasteiger partial charge in [-0.2, -0.15) is 0 Å². The first-order valence-corrected chi connectivity index (χ1v) is 6.07. The van der Waals surface area contributed by atoms with E-state index in [1.807, 2.05) is 24.3 Å². The SMILES string of the molecule is Nc1ccc(OCCCc2ccccc2)c(N)c1. The lowest BCUT2D eigenvalue weighted by Crippen LogP contribution is -2.02. The molecule has 0 fully saturated rings. The van der Waals surface area contributed by atoms with Crippen molar-refractivity contribution >= 4 is 11.4 Å². The molecule has 0 aromatic heterocycles. The minimum atomic E-state index is 0.592. The highest BCUT2D eigenvalue weighted by atomic mass is 16.5. The zero-order chi connectivity index (χ0) is 12.8. The molecule has 2 aromatic carbocycles. The Kier molecular flexibility index (Phi) is 4.07. The predicted molar refractivity (Wildman–Crippen MR) is 75.5 cm³/mol. The average molecular weight is 242 g/mol. The van der Waals surface area contributed by atoms with Gasteiger partial charge in [0.15, 0.2) is 0 Å². The molecule has 0 spiro atoms. The highest BCUT2D eigenvalue weighted by molar-refractivity contribution is 5.60. The van der Waals surface area contributed by atoms with Crippen molar-refractivity contribution in [2.75, 3.05) is 18.1 Å². The zero-order valence-corrected chi connectivity index (χ0v) is 10.3. The lowest BCUT2D eigenvalue weighted by Gasteiger charge is -2.09. The van der Waals surface area contributed by atoms with Gasteiger partial charge < -0.3 is 16.2 Å². The molecule has 0 bridgehead atoms. The van der Waals surface area contributed by atoms with Crippen LogP contribution in [0, 0.1) is 0 Å². The van der Waals surface area contributed by atoms with E-state index in [-0.39, 0.29) is 0 Å². The summed E-state index contributed by atoms with van der Waals surface area (Å²) < 4.78 is 5.63. The first kappa shape index (κ1) is 12.3. The molecular weight excluding hydrogens is 224 g/mol. The molecule has 0 unspecified atom stereocenters. The fourth-order valence-corrected chi connectivity index (χ4v) is 1.80. The fourth-order valence-electron chi connectivity index (χ4n) is 1.80. The molecule has 2 rings (SSSR count).